The first kappa shape index (κ1) is 14.2. The van der Waals surface area contributed by atoms with Crippen LogP contribution in [0.25, 0.3) is 0 Å². The van der Waals surface area contributed by atoms with Crippen molar-refractivity contribution in [1.29, 1.82) is 0 Å². The second-order valence-corrected chi connectivity index (χ2v) is 7.82. The van der Waals surface area contributed by atoms with E-state index >= 15 is 0 Å². The monoisotopic (exact) mass is 296 g/mol. The lowest BCUT2D eigenvalue weighted by Gasteiger charge is -2.46. The molecule has 1 N–H and O–H groups in total. The third-order valence-electron chi connectivity index (χ3n) is 5.34. The molecule has 1 saturated heterocycles. The number of nitrogens with one attached hydrogen (secondary N) is 1. The SMILES string of the molecule is CSC1CCC(N2C(=O)C(C)(C3CC3)NC(=O)C2C)C1. The molecule has 20 heavy (non-hydrogen) atoms. The van der Waals surface area contributed by atoms with E-state index in [9.17, 15) is 9.59 Å². The summed E-state index contributed by atoms with van der Waals surface area (Å²) in [5, 5.41) is 3.63. The van der Waals surface area contributed by atoms with E-state index in [1.165, 1.54) is 0 Å². The van der Waals surface area contributed by atoms with Crippen molar-refractivity contribution < 1.29 is 9.59 Å². The quantitative estimate of drug-likeness (QED) is 0.864. The van der Waals surface area contributed by atoms with E-state index in [1.807, 2.05) is 30.5 Å². The average Bonchev–Trinajstić information content (AvgIpc) is 3.18. The van der Waals surface area contributed by atoms with E-state index in [1.54, 1.807) is 0 Å². The fourth-order valence-corrected chi connectivity index (χ4v) is 4.57. The second kappa shape index (κ2) is 4.93. The Hall–Kier alpha value is -0.710. The van der Waals surface area contributed by atoms with Crippen molar-refractivity contribution in [2.24, 2.45) is 5.92 Å². The number of carbonyl (C=O) groups is 2. The average molecular weight is 296 g/mol. The van der Waals surface area contributed by atoms with Crippen molar-refractivity contribution in [1.82, 2.24) is 10.2 Å². The Kier molecular flexibility index (Phi) is 3.51. The standard InChI is InChI=1S/C15H24N2O2S/c1-9-13(18)16-15(2,10-4-5-10)14(19)17(9)11-6-7-12(8-11)20-3/h9-12H,4-8H2,1-3H3,(H,16,18). The van der Waals surface area contributed by atoms with E-state index in [0.29, 0.717) is 11.2 Å². The first-order chi connectivity index (χ1) is 9.47. The summed E-state index contributed by atoms with van der Waals surface area (Å²) in [4.78, 5) is 27.2. The molecule has 2 aliphatic carbocycles. The van der Waals surface area contributed by atoms with Crippen molar-refractivity contribution in [3.8, 4) is 0 Å². The summed E-state index contributed by atoms with van der Waals surface area (Å²) in [6, 6.07) is -0.0704. The molecule has 5 heteroatoms. The van der Waals surface area contributed by atoms with Gasteiger partial charge in [0, 0.05) is 11.3 Å². The number of hydrogen-bond acceptors (Lipinski definition) is 3. The highest BCUT2D eigenvalue weighted by molar-refractivity contribution is 7.99. The van der Waals surface area contributed by atoms with Crippen LogP contribution in [0, 0.1) is 5.92 Å². The minimum Gasteiger partial charge on any atom is -0.340 e. The fraction of sp³-hybridized carbons (Fsp3) is 0.867. The normalized spacial score (nSPS) is 42.0. The maximum absolute atomic E-state index is 13.0. The predicted octanol–water partition coefficient (Wildman–Crippen LogP) is 1.79. The van der Waals surface area contributed by atoms with E-state index in [2.05, 4.69) is 11.6 Å². The van der Waals surface area contributed by atoms with Crippen LogP contribution in [0.2, 0.25) is 0 Å². The summed E-state index contributed by atoms with van der Waals surface area (Å²) in [5.74, 6) is 0.511. The summed E-state index contributed by atoms with van der Waals surface area (Å²) in [5.41, 5.74) is -0.652. The number of hydrogen-bond donors (Lipinski definition) is 1. The Labute approximate surface area is 125 Å². The third kappa shape index (κ3) is 2.14. The minimum absolute atomic E-state index is 0.0200. The molecule has 0 aromatic heterocycles. The van der Waals surface area contributed by atoms with Gasteiger partial charge in [0.05, 0.1) is 0 Å². The first-order valence-electron chi connectivity index (χ1n) is 7.65. The van der Waals surface area contributed by atoms with Gasteiger partial charge in [-0.1, -0.05) is 0 Å². The zero-order chi connectivity index (χ0) is 14.5. The zero-order valence-corrected chi connectivity index (χ0v) is 13.3. The molecule has 1 heterocycles. The summed E-state index contributed by atoms with van der Waals surface area (Å²) in [6.45, 7) is 3.79. The van der Waals surface area contributed by atoms with E-state index in [4.69, 9.17) is 0 Å². The van der Waals surface area contributed by atoms with E-state index in [-0.39, 0.29) is 23.9 Å². The van der Waals surface area contributed by atoms with Gasteiger partial charge in [0.15, 0.2) is 0 Å². The Balaban J connectivity index is 1.83. The molecule has 4 unspecified atom stereocenters. The van der Waals surface area contributed by atoms with Crippen molar-refractivity contribution in [2.45, 2.75) is 68.8 Å². The van der Waals surface area contributed by atoms with Gasteiger partial charge in [-0.15, -0.1) is 0 Å². The predicted molar refractivity (Wildman–Crippen MR) is 80.5 cm³/mol. The summed E-state index contributed by atoms with van der Waals surface area (Å²) in [6.07, 6.45) is 7.48. The molecule has 2 amide bonds. The number of amides is 2. The molecule has 0 spiro atoms. The molecule has 3 rings (SSSR count). The molecular weight excluding hydrogens is 272 g/mol. The topological polar surface area (TPSA) is 49.4 Å². The van der Waals surface area contributed by atoms with Crippen LogP contribution in [0.3, 0.4) is 0 Å². The van der Waals surface area contributed by atoms with Gasteiger partial charge in [-0.2, -0.15) is 11.8 Å². The van der Waals surface area contributed by atoms with Crippen LogP contribution in [0.5, 0.6) is 0 Å². The van der Waals surface area contributed by atoms with Gasteiger partial charge < -0.3 is 10.2 Å². The van der Waals surface area contributed by atoms with Crippen LogP contribution in [0.15, 0.2) is 0 Å². The summed E-state index contributed by atoms with van der Waals surface area (Å²) >= 11 is 1.88. The highest BCUT2D eigenvalue weighted by atomic mass is 32.2. The molecule has 0 bridgehead atoms. The Morgan fingerprint density at radius 1 is 1.25 bits per heavy atom. The van der Waals surface area contributed by atoms with Crippen LogP contribution in [0.4, 0.5) is 0 Å². The largest absolute Gasteiger partial charge is 0.340 e. The van der Waals surface area contributed by atoms with E-state index < -0.39 is 5.54 Å². The fourth-order valence-electron chi connectivity index (χ4n) is 3.79. The van der Waals surface area contributed by atoms with Gasteiger partial charge in [0.2, 0.25) is 11.8 Å². The molecule has 0 aromatic carbocycles. The van der Waals surface area contributed by atoms with Crippen LogP contribution in [-0.4, -0.2) is 45.8 Å². The highest BCUT2D eigenvalue weighted by Gasteiger charge is 2.56. The Bertz CT molecular complexity index is 438. The molecule has 3 fully saturated rings. The zero-order valence-electron chi connectivity index (χ0n) is 12.5. The van der Waals surface area contributed by atoms with Crippen molar-refractivity contribution in [3.63, 3.8) is 0 Å². The van der Waals surface area contributed by atoms with Gasteiger partial charge in [0.1, 0.15) is 11.6 Å². The number of rotatable bonds is 3. The number of carbonyl (C=O) groups excluding carboxylic acids is 2. The highest BCUT2D eigenvalue weighted by Crippen LogP contribution is 2.44. The lowest BCUT2D eigenvalue weighted by atomic mass is 9.88. The smallest absolute Gasteiger partial charge is 0.249 e. The first-order valence-corrected chi connectivity index (χ1v) is 8.93. The second-order valence-electron chi connectivity index (χ2n) is 6.68. The number of piperazine rings is 1. The third-order valence-corrected chi connectivity index (χ3v) is 6.43. The Morgan fingerprint density at radius 3 is 2.50 bits per heavy atom. The maximum Gasteiger partial charge on any atom is 0.249 e. The van der Waals surface area contributed by atoms with E-state index in [0.717, 1.165) is 32.1 Å². The van der Waals surface area contributed by atoms with Crippen LogP contribution >= 0.6 is 11.8 Å². The van der Waals surface area contributed by atoms with Crippen LogP contribution in [0.1, 0.15) is 46.0 Å². The molecule has 4 nitrogen and oxygen atoms in total. The van der Waals surface area contributed by atoms with Gasteiger partial charge >= 0.3 is 0 Å². The van der Waals surface area contributed by atoms with Crippen molar-refractivity contribution in [2.75, 3.05) is 6.26 Å². The lowest BCUT2D eigenvalue weighted by molar-refractivity contribution is -0.157. The summed E-state index contributed by atoms with van der Waals surface area (Å²) in [7, 11) is 0. The van der Waals surface area contributed by atoms with Gasteiger partial charge in [-0.25, -0.2) is 0 Å². The minimum atomic E-state index is -0.652. The molecule has 1 aliphatic heterocycles. The van der Waals surface area contributed by atoms with Gasteiger partial charge in [-0.3, -0.25) is 9.59 Å². The van der Waals surface area contributed by atoms with Gasteiger partial charge in [0.25, 0.3) is 0 Å². The molecule has 3 aliphatic rings. The molecule has 0 aromatic rings. The van der Waals surface area contributed by atoms with Crippen molar-refractivity contribution in [3.05, 3.63) is 0 Å². The lowest BCUT2D eigenvalue weighted by Crippen LogP contribution is -2.71. The number of nitrogens with zero attached hydrogens (tertiary/aromatic N) is 1. The molecule has 2 saturated carbocycles. The number of thioether (sulfide) groups is 1. The summed E-state index contributed by atoms with van der Waals surface area (Å²) < 4.78 is 0. The van der Waals surface area contributed by atoms with Gasteiger partial charge in [-0.05, 0) is 58.1 Å². The maximum atomic E-state index is 13.0. The Morgan fingerprint density at radius 2 is 1.95 bits per heavy atom. The molecule has 0 radical (unpaired) electrons. The van der Waals surface area contributed by atoms with Crippen LogP contribution < -0.4 is 5.32 Å². The molecule has 4 atom stereocenters. The van der Waals surface area contributed by atoms with Crippen molar-refractivity contribution >= 4 is 23.6 Å². The molecular formula is C15H24N2O2S. The molecule has 112 valence electrons. The van der Waals surface area contributed by atoms with Crippen LogP contribution in [-0.2, 0) is 9.59 Å².